The Bertz CT molecular complexity index is 276. The summed E-state index contributed by atoms with van der Waals surface area (Å²) in [6.07, 6.45) is 2.26. The predicted octanol–water partition coefficient (Wildman–Crippen LogP) is 0.801. The van der Waals surface area contributed by atoms with Crippen LogP contribution < -0.4 is 5.32 Å². The summed E-state index contributed by atoms with van der Waals surface area (Å²) in [5, 5.41) is 3.30. The van der Waals surface area contributed by atoms with Crippen LogP contribution in [0.2, 0.25) is 0 Å². The molecule has 20 heavy (non-hydrogen) atoms. The van der Waals surface area contributed by atoms with E-state index >= 15 is 0 Å². The van der Waals surface area contributed by atoms with Gasteiger partial charge in [0.25, 0.3) is 0 Å². The highest BCUT2D eigenvalue weighted by atomic mass is 16.5. The first kappa shape index (κ1) is 17.4. The van der Waals surface area contributed by atoms with Crippen LogP contribution in [0.4, 0.5) is 0 Å². The standard InChI is InChI=1S/C15H31N3O2/c1-13(2)11-18(10-9-17(3)4)15(19)12-20-14-5-7-16-8-6-14/h13-14,16H,5-12H2,1-4H3. The first-order chi connectivity index (χ1) is 9.49. The van der Waals surface area contributed by atoms with Gasteiger partial charge >= 0.3 is 0 Å². The van der Waals surface area contributed by atoms with Gasteiger partial charge < -0.3 is 19.9 Å². The van der Waals surface area contributed by atoms with E-state index in [0.29, 0.717) is 5.92 Å². The van der Waals surface area contributed by atoms with E-state index in [0.717, 1.165) is 45.6 Å². The molecule has 0 radical (unpaired) electrons. The summed E-state index contributed by atoms with van der Waals surface area (Å²) in [5.74, 6) is 0.610. The van der Waals surface area contributed by atoms with Gasteiger partial charge in [-0.25, -0.2) is 0 Å². The molecule has 0 unspecified atom stereocenters. The highest BCUT2D eigenvalue weighted by Gasteiger charge is 2.19. The molecule has 1 N–H and O–H groups in total. The van der Waals surface area contributed by atoms with Gasteiger partial charge in [-0.3, -0.25) is 4.79 Å². The molecule has 1 fully saturated rings. The van der Waals surface area contributed by atoms with Crippen molar-refractivity contribution in [2.24, 2.45) is 5.92 Å². The van der Waals surface area contributed by atoms with E-state index < -0.39 is 0 Å². The summed E-state index contributed by atoms with van der Waals surface area (Å²) in [4.78, 5) is 16.3. The second kappa shape index (κ2) is 9.32. The van der Waals surface area contributed by atoms with E-state index in [1.807, 2.05) is 19.0 Å². The van der Waals surface area contributed by atoms with Crippen molar-refractivity contribution in [2.45, 2.75) is 32.8 Å². The SMILES string of the molecule is CC(C)CN(CCN(C)C)C(=O)COC1CCNCC1. The molecule has 1 amide bonds. The number of ether oxygens (including phenoxy) is 1. The Morgan fingerprint density at radius 3 is 2.45 bits per heavy atom. The topological polar surface area (TPSA) is 44.8 Å². The van der Waals surface area contributed by atoms with Gasteiger partial charge in [-0.1, -0.05) is 13.8 Å². The maximum atomic E-state index is 12.3. The quantitative estimate of drug-likeness (QED) is 0.716. The third kappa shape index (κ3) is 7.22. The largest absolute Gasteiger partial charge is 0.368 e. The van der Waals surface area contributed by atoms with Gasteiger partial charge in [0.2, 0.25) is 5.91 Å². The zero-order valence-electron chi connectivity index (χ0n) is 13.5. The average molecular weight is 285 g/mol. The third-order valence-corrected chi connectivity index (χ3v) is 3.48. The summed E-state index contributed by atoms with van der Waals surface area (Å²) >= 11 is 0. The van der Waals surface area contributed by atoms with E-state index in [1.165, 1.54) is 0 Å². The zero-order valence-corrected chi connectivity index (χ0v) is 13.5. The van der Waals surface area contributed by atoms with Crippen molar-refractivity contribution < 1.29 is 9.53 Å². The molecular formula is C15H31N3O2. The molecule has 1 aliphatic heterocycles. The van der Waals surface area contributed by atoms with Crippen LogP contribution in [0.25, 0.3) is 0 Å². The van der Waals surface area contributed by atoms with E-state index in [9.17, 15) is 4.79 Å². The minimum atomic E-state index is 0.124. The lowest BCUT2D eigenvalue weighted by Crippen LogP contribution is -2.42. The monoisotopic (exact) mass is 285 g/mol. The number of likely N-dealkylation sites (N-methyl/N-ethyl adjacent to an activating group) is 1. The Morgan fingerprint density at radius 2 is 1.90 bits per heavy atom. The van der Waals surface area contributed by atoms with E-state index in [-0.39, 0.29) is 18.6 Å². The Balaban J connectivity index is 2.36. The molecule has 1 rings (SSSR count). The zero-order chi connectivity index (χ0) is 15.0. The van der Waals surface area contributed by atoms with Gasteiger partial charge in [0, 0.05) is 19.6 Å². The maximum Gasteiger partial charge on any atom is 0.248 e. The summed E-state index contributed by atoms with van der Waals surface area (Å²) in [5.41, 5.74) is 0. The van der Waals surface area contributed by atoms with Crippen molar-refractivity contribution >= 4 is 5.91 Å². The van der Waals surface area contributed by atoms with Crippen LogP contribution in [0.1, 0.15) is 26.7 Å². The van der Waals surface area contributed by atoms with Crippen LogP contribution in [0.15, 0.2) is 0 Å². The van der Waals surface area contributed by atoms with Crippen LogP contribution in [-0.2, 0) is 9.53 Å². The summed E-state index contributed by atoms with van der Waals surface area (Å²) in [6.45, 7) is 8.98. The molecule has 5 nitrogen and oxygen atoms in total. The van der Waals surface area contributed by atoms with Crippen LogP contribution in [-0.4, -0.2) is 75.2 Å². The molecule has 0 aliphatic carbocycles. The van der Waals surface area contributed by atoms with Gasteiger partial charge in [-0.15, -0.1) is 0 Å². The first-order valence-electron chi connectivity index (χ1n) is 7.74. The number of amides is 1. The Morgan fingerprint density at radius 1 is 1.25 bits per heavy atom. The second-order valence-corrected chi connectivity index (χ2v) is 6.30. The fourth-order valence-electron chi connectivity index (χ4n) is 2.32. The lowest BCUT2D eigenvalue weighted by molar-refractivity contribution is -0.139. The van der Waals surface area contributed by atoms with Gasteiger partial charge in [0.15, 0.2) is 0 Å². The molecule has 1 heterocycles. The molecule has 0 aromatic rings. The van der Waals surface area contributed by atoms with Gasteiger partial charge in [0.05, 0.1) is 6.10 Å². The summed E-state index contributed by atoms with van der Waals surface area (Å²) in [6, 6.07) is 0. The van der Waals surface area contributed by atoms with Crippen molar-refractivity contribution in [1.29, 1.82) is 0 Å². The lowest BCUT2D eigenvalue weighted by Gasteiger charge is -2.28. The molecular weight excluding hydrogens is 254 g/mol. The number of hydrogen-bond acceptors (Lipinski definition) is 4. The molecule has 0 aromatic carbocycles. The van der Waals surface area contributed by atoms with E-state index in [2.05, 4.69) is 24.1 Å². The van der Waals surface area contributed by atoms with Crippen molar-refractivity contribution in [3.05, 3.63) is 0 Å². The minimum absolute atomic E-state index is 0.124. The van der Waals surface area contributed by atoms with Crippen LogP contribution in [0.5, 0.6) is 0 Å². The number of hydrogen-bond donors (Lipinski definition) is 1. The predicted molar refractivity (Wildman–Crippen MR) is 81.8 cm³/mol. The summed E-state index contributed by atoms with van der Waals surface area (Å²) < 4.78 is 5.77. The summed E-state index contributed by atoms with van der Waals surface area (Å²) in [7, 11) is 4.06. The first-order valence-corrected chi connectivity index (χ1v) is 7.74. The number of nitrogens with zero attached hydrogens (tertiary/aromatic N) is 2. The maximum absolute atomic E-state index is 12.3. The van der Waals surface area contributed by atoms with Gasteiger partial charge in [-0.05, 0) is 45.9 Å². The van der Waals surface area contributed by atoms with Crippen molar-refractivity contribution in [3.63, 3.8) is 0 Å². The minimum Gasteiger partial charge on any atom is -0.368 e. The molecule has 0 atom stereocenters. The molecule has 5 heteroatoms. The van der Waals surface area contributed by atoms with Crippen LogP contribution >= 0.6 is 0 Å². The van der Waals surface area contributed by atoms with Crippen LogP contribution in [0, 0.1) is 5.92 Å². The number of carbonyl (C=O) groups is 1. The highest BCUT2D eigenvalue weighted by Crippen LogP contribution is 2.08. The normalized spacial score (nSPS) is 16.9. The smallest absolute Gasteiger partial charge is 0.248 e. The highest BCUT2D eigenvalue weighted by molar-refractivity contribution is 5.77. The number of rotatable bonds is 8. The van der Waals surface area contributed by atoms with E-state index in [1.54, 1.807) is 0 Å². The molecule has 0 aromatic heterocycles. The molecule has 0 spiro atoms. The Kier molecular flexibility index (Phi) is 8.11. The molecule has 0 bridgehead atoms. The third-order valence-electron chi connectivity index (χ3n) is 3.48. The number of piperidine rings is 1. The van der Waals surface area contributed by atoms with Gasteiger partial charge in [-0.2, -0.15) is 0 Å². The number of carbonyl (C=O) groups excluding carboxylic acids is 1. The van der Waals surface area contributed by atoms with Crippen LogP contribution in [0.3, 0.4) is 0 Å². The molecule has 1 saturated heterocycles. The molecule has 1 aliphatic rings. The molecule has 0 saturated carbocycles. The lowest BCUT2D eigenvalue weighted by atomic mass is 10.1. The average Bonchev–Trinajstić information content (AvgIpc) is 2.41. The van der Waals surface area contributed by atoms with Crippen molar-refractivity contribution in [1.82, 2.24) is 15.1 Å². The number of nitrogens with one attached hydrogen (secondary N) is 1. The Labute approximate surface area is 123 Å². The fourth-order valence-corrected chi connectivity index (χ4v) is 2.32. The fraction of sp³-hybridized carbons (Fsp3) is 0.933. The van der Waals surface area contributed by atoms with Gasteiger partial charge in [0.1, 0.15) is 6.61 Å². The van der Waals surface area contributed by atoms with Crippen molar-refractivity contribution in [3.8, 4) is 0 Å². The Hall–Kier alpha value is -0.650. The van der Waals surface area contributed by atoms with Crippen molar-refractivity contribution in [2.75, 3.05) is 53.4 Å². The second-order valence-electron chi connectivity index (χ2n) is 6.30. The molecule has 118 valence electrons. The van der Waals surface area contributed by atoms with E-state index in [4.69, 9.17) is 4.74 Å².